The van der Waals surface area contributed by atoms with Gasteiger partial charge in [-0.05, 0) is 24.8 Å². The van der Waals surface area contributed by atoms with Crippen LogP contribution in [0.4, 0.5) is 0 Å². The van der Waals surface area contributed by atoms with Crippen molar-refractivity contribution in [3.63, 3.8) is 0 Å². The molecule has 0 bridgehead atoms. The number of phenols is 1. The van der Waals surface area contributed by atoms with Gasteiger partial charge < -0.3 is 31.3 Å². The summed E-state index contributed by atoms with van der Waals surface area (Å²) in [6.45, 7) is 1.92. The molecule has 0 spiro atoms. The highest BCUT2D eigenvalue weighted by Gasteiger charge is 2.39. The second kappa shape index (κ2) is 7.87. The molecule has 1 saturated carbocycles. The second-order valence-corrected chi connectivity index (χ2v) is 7.77. The fourth-order valence-electron chi connectivity index (χ4n) is 4.18. The maximum Gasteiger partial charge on any atom is 0.314 e. The quantitative estimate of drug-likeness (QED) is 0.577. The van der Waals surface area contributed by atoms with Crippen molar-refractivity contribution in [2.24, 2.45) is 5.92 Å². The molecule has 2 atom stereocenters. The zero-order valence-electron chi connectivity index (χ0n) is 14.6. The molecule has 24 heavy (non-hydrogen) atoms. The zero-order chi connectivity index (χ0) is 16.4. The second-order valence-electron chi connectivity index (χ2n) is 7.77. The molecule has 2 aliphatic rings. The predicted molar refractivity (Wildman–Crippen MR) is 89.1 cm³/mol. The van der Waals surface area contributed by atoms with Gasteiger partial charge in [-0.25, -0.2) is 0 Å². The molecular weight excluding hydrogens is 370 g/mol. The summed E-state index contributed by atoms with van der Waals surface area (Å²) in [5, 5.41) is 10.2. The van der Waals surface area contributed by atoms with Crippen molar-refractivity contribution in [2.45, 2.75) is 44.1 Å². The van der Waals surface area contributed by atoms with Gasteiger partial charge in [0, 0.05) is 12.0 Å². The van der Waals surface area contributed by atoms with Crippen LogP contribution in [0.3, 0.4) is 0 Å². The first-order valence-corrected chi connectivity index (χ1v) is 8.77. The molecule has 0 amide bonds. The number of benzene rings is 1. The molecule has 4 nitrogen and oxygen atoms in total. The number of halogens is 1. The van der Waals surface area contributed by atoms with Crippen LogP contribution in [-0.4, -0.2) is 48.8 Å². The number of hydrogen-bond donors (Lipinski definition) is 1. The van der Waals surface area contributed by atoms with E-state index in [1.807, 2.05) is 12.1 Å². The Hall–Kier alpha value is -1.07. The van der Waals surface area contributed by atoms with Crippen LogP contribution in [0.1, 0.15) is 43.6 Å². The first-order valence-electron chi connectivity index (χ1n) is 8.77. The number of esters is 1. The van der Waals surface area contributed by atoms with Crippen LogP contribution in [0, 0.1) is 5.92 Å². The maximum atomic E-state index is 12.9. The molecule has 0 radical (unpaired) electrons. The Morgan fingerprint density at radius 3 is 2.46 bits per heavy atom. The van der Waals surface area contributed by atoms with Gasteiger partial charge in [0.1, 0.15) is 12.3 Å². The highest BCUT2D eigenvalue weighted by Crippen LogP contribution is 2.41. The lowest BCUT2D eigenvalue weighted by molar-refractivity contribution is -0.879. The van der Waals surface area contributed by atoms with Crippen molar-refractivity contribution < 1.29 is 36.1 Å². The third-order valence-electron chi connectivity index (χ3n) is 5.43. The first kappa shape index (κ1) is 19.3. The Kier molecular flexibility index (Phi) is 6.32. The van der Waals surface area contributed by atoms with Crippen molar-refractivity contribution in [2.75, 3.05) is 27.2 Å². The number of rotatable bonds is 4. The molecule has 134 valence electrons. The van der Waals surface area contributed by atoms with E-state index in [0.29, 0.717) is 5.92 Å². The highest BCUT2D eigenvalue weighted by atomic mass is 79.9. The number of likely N-dealkylation sites (tertiary alicyclic amines) is 1. The highest BCUT2D eigenvalue weighted by molar-refractivity contribution is 5.79. The lowest BCUT2D eigenvalue weighted by Crippen LogP contribution is -3.00. The minimum absolute atomic E-state index is 0. The van der Waals surface area contributed by atoms with Gasteiger partial charge in [0.05, 0.1) is 26.6 Å². The Labute approximate surface area is 155 Å². The van der Waals surface area contributed by atoms with Gasteiger partial charge in [-0.15, -0.1) is 0 Å². The van der Waals surface area contributed by atoms with Crippen LogP contribution >= 0.6 is 0 Å². The van der Waals surface area contributed by atoms with Crippen LogP contribution in [0.2, 0.25) is 0 Å². The minimum atomic E-state index is -0.324. The normalized spacial score (nSPS) is 24.3. The van der Waals surface area contributed by atoms with Crippen molar-refractivity contribution in [1.29, 1.82) is 0 Å². The fraction of sp³-hybridized carbons (Fsp3) is 0.632. The van der Waals surface area contributed by atoms with Crippen molar-refractivity contribution in [3.05, 3.63) is 29.8 Å². The van der Waals surface area contributed by atoms with E-state index in [1.54, 1.807) is 12.1 Å². The van der Waals surface area contributed by atoms with E-state index in [1.165, 1.54) is 0 Å². The SMILES string of the molecule is C[N+]1(C)CCC(OC(=O)C(c2ccccc2O)C2CCCC2)C1.[Br-]. The molecule has 1 N–H and O–H groups in total. The zero-order valence-corrected chi connectivity index (χ0v) is 16.2. The van der Waals surface area contributed by atoms with Gasteiger partial charge in [-0.3, -0.25) is 4.79 Å². The summed E-state index contributed by atoms with van der Waals surface area (Å²) in [4.78, 5) is 12.9. The molecular formula is C19H28BrNO3. The van der Waals surface area contributed by atoms with E-state index < -0.39 is 0 Å². The molecule has 1 aromatic rings. The molecule has 3 rings (SSSR count). The van der Waals surface area contributed by atoms with Gasteiger partial charge in [0.2, 0.25) is 0 Å². The maximum absolute atomic E-state index is 12.9. The summed E-state index contributed by atoms with van der Waals surface area (Å²) in [5.41, 5.74) is 0.733. The number of carbonyl (C=O) groups excluding carboxylic acids is 1. The van der Waals surface area contributed by atoms with Gasteiger partial charge >= 0.3 is 5.97 Å². The molecule has 2 fully saturated rings. The molecule has 1 heterocycles. The standard InChI is InChI=1S/C19H27NO3.BrH/c1-20(2)12-11-15(13-20)23-19(22)18(14-7-3-4-8-14)16-9-5-6-10-17(16)21;/h5-6,9-10,14-15,18H,3-4,7-8,11-13H2,1-2H3;1H. The molecule has 1 saturated heterocycles. The fourth-order valence-corrected chi connectivity index (χ4v) is 4.18. The van der Waals surface area contributed by atoms with E-state index in [0.717, 1.165) is 55.2 Å². The predicted octanol–water partition coefficient (Wildman–Crippen LogP) is 0.0619. The molecule has 5 heteroatoms. The average molecular weight is 398 g/mol. The number of ether oxygens (including phenoxy) is 1. The summed E-state index contributed by atoms with van der Waals surface area (Å²) >= 11 is 0. The number of aromatic hydroxyl groups is 1. The number of carbonyl (C=O) groups is 1. The van der Waals surface area contributed by atoms with E-state index in [9.17, 15) is 9.90 Å². The summed E-state index contributed by atoms with van der Waals surface area (Å²) in [6, 6.07) is 7.22. The third kappa shape index (κ3) is 4.31. The molecule has 0 aromatic heterocycles. The van der Waals surface area contributed by atoms with E-state index >= 15 is 0 Å². The first-order chi connectivity index (χ1) is 11.0. The van der Waals surface area contributed by atoms with Crippen LogP contribution in [0.5, 0.6) is 5.75 Å². The number of hydrogen-bond acceptors (Lipinski definition) is 3. The van der Waals surface area contributed by atoms with Gasteiger partial charge in [-0.2, -0.15) is 0 Å². The lowest BCUT2D eigenvalue weighted by Gasteiger charge is -2.26. The van der Waals surface area contributed by atoms with Gasteiger partial charge in [0.15, 0.2) is 6.10 Å². The van der Waals surface area contributed by atoms with Gasteiger partial charge in [0.25, 0.3) is 0 Å². The smallest absolute Gasteiger partial charge is 0.314 e. The molecule has 2 unspecified atom stereocenters. The monoisotopic (exact) mass is 397 g/mol. The average Bonchev–Trinajstić information content (AvgIpc) is 3.11. The van der Waals surface area contributed by atoms with Gasteiger partial charge in [-0.1, -0.05) is 31.0 Å². The Balaban J connectivity index is 0.00000208. The number of quaternary nitrogens is 1. The number of nitrogens with zero attached hydrogens (tertiary/aromatic N) is 1. The topological polar surface area (TPSA) is 46.5 Å². The van der Waals surface area contributed by atoms with E-state index in [-0.39, 0.29) is 40.7 Å². The number of likely N-dealkylation sites (N-methyl/N-ethyl adjacent to an activating group) is 1. The van der Waals surface area contributed by atoms with Crippen LogP contribution < -0.4 is 17.0 Å². The Morgan fingerprint density at radius 1 is 1.21 bits per heavy atom. The summed E-state index contributed by atoms with van der Waals surface area (Å²) in [7, 11) is 4.34. The molecule has 1 aliphatic carbocycles. The minimum Gasteiger partial charge on any atom is -1.00 e. The van der Waals surface area contributed by atoms with E-state index in [2.05, 4.69) is 14.1 Å². The Morgan fingerprint density at radius 2 is 1.88 bits per heavy atom. The van der Waals surface area contributed by atoms with Crippen molar-refractivity contribution in [1.82, 2.24) is 0 Å². The summed E-state index contributed by atoms with van der Waals surface area (Å²) in [6.07, 6.45) is 5.34. The van der Waals surface area contributed by atoms with Crippen LogP contribution in [0.15, 0.2) is 24.3 Å². The number of para-hydroxylation sites is 1. The Bertz CT molecular complexity index is 569. The molecule has 1 aliphatic heterocycles. The van der Waals surface area contributed by atoms with Crippen molar-refractivity contribution >= 4 is 5.97 Å². The van der Waals surface area contributed by atoms with E-state index in [4.69, 9.17) is 4.74 Å². The van der Waals surface area contributed by atoms with Crippen molar-refractivity contribution in [3.8, 4) is 5.75 Å². The third-order valence-corrected chi connectivity index (χ3v) is 5.43. The molecule has 1 aromatic carbocycles. The lowest BCUT2D eigenvalue weighted by atomic mass is 9.84. The van der Waals surface area contributed by atoms with Crippen LogP contribution in [-0.2, 0) is 9.53 Å². The number of phenolic OH excluding ortho intramolecular Hbond substituents is 1. The van der Waals surface area contributed by atoms with Crippen LogP contribution in [0.25, 0.3) is 0 Å². The largest absolute Gasteiger partial charge is 1.00 e. The summed E-state index contributed by atoms with van der Waals surface area (Å²) < 4.78 is 6.77. The summed E-state index contributed by atoms with van der Waals surface area (Å²) in [5.74, 6) is 0.0313.